The molecule has 0 aliphatic carbocycles. The predicted octanol–water partition coefficient (Wildman–Crippen LogP) is 4.28. The molecule has 6 nitrogen and oxygen atoms in total. The van der Waals surface area contributed by atoms with Gasteiger partial charge in [-0.15, -0.1) is 11.3 Å². The van der Waals surface area contributed by atoms with Gasteiger partial charge in [0.25, 0.3) is 15.9 Å². The van der Waals surface area contributed by atoms with Crippen LogP contribution in [-0.2, 0) is 10.0 Å². The summed E-state index contributed by atoms with van der Waals surface area (Å²) >= 11 is 4.39. The van der Waals surface area contributed by atoms with Crippen molar-refractivity contribution < 1.29 is 17.7 Å². The van der Waals surface area contributed by atoms with Crippen molar-refractivity contribution in [3.8, 4) is 16.2 Å². The van der Waals surface area contributed by atoms with Crippen LogP contribution in [0.3, 0.4) is 0 Å². The molecule has 1 aromatic carbocycles. The summed E-state index contributed by atoms with van der Waals surface area (Å²) in [6.07, 6.45) is 0. The first kappa shape index (κ1) is 17.0. The number of halogens is 1. The molecule has 2 aromatic heterocycles. The minimum atomic E-state index is -3.77. The maximum absolute atomic E-state index is 12.5. The molecule has 0 aliphatic rings. The maximum atomic E-state index is 12.5. The SMILES string of the molecule is COc1ccccc1-c1ccc(S(=O)(=O)Nc2onc(C)c2Br)s1. The van der Waals surface area contributed by atoms with Gasteiger partial charge in [0.2, 0.25) is 0 Å². The largest absolute Gasteiger partial charge is 0.496 e. The van der Waals surface area contributed by atoms with Gasteiger partial charge < -0.3 is 9.26 Å². The number of para-hydroxylation sites is 1. The van der Waals surface area contributed by atoms with Crippen molar-refractivity contribution in [2.75, 3.05) is 11.8 Å². The van der Waals surface area contributed by atoms with Crippen LogP contribution in [0.1, 0.15) is 5.69 Å². The molecule has 0 saturated heterocycles. The molecule has 0 bridgehead atoms. The van der Waals surface area contributed by atoms with Crippen molar-refractivity contribution in [3.63, 3.8) is 0 Å². The number of nitrogens with one attached hydrogen (secondary N) is 1. The molecular weight excluding hydrogens is 416 g/mol. The van der Waals surface area contributed by atoms with Gasteiger partial charge in [-0.05, 0) is 47.1 Å². The molecule has 1 N–H and O–H groups in total. The van der Waals surface area contributed by atoms with Gasteiger partial charge in [-0.3, -0.25) is 0 Å². The van der Waals surface area contributed by atoms with Gasteiger partial charge in [0, 0.05) is 10.4 Å². The van der Waals surface area contributed by atoms with Gasteiger partial charge in [0.1, 0.15) is 14.4 Å². The lowest BCUT2D eigenvalue weighted by Gasteiger charge is -2.05. The lowest BCUT2D eigenvalue weighted by atomic mass is 10.2. The molecule has 0 spiro atoms. The fraction of sp³-hybridized carbons (Fsp3) is 0.133. The molecule has 0 radical (unpaired) electrons. The Morgan fingerprint density at radius 3 is 2.67 bits per heavy atom. The molecule has 126 valence electrons. The van der Waals surface area contributed by atoms with Gasteiger partial charge in [-0.25, -0.2) is 13.1 Å². The number of rotatable bonds is 5. The van der Waals surface area contributed by atoms with E-state index in [9.17, 15) is 8.42 Å². The summed E-state index contributed by atoms with van der Waals surface area (Å²) in [4.78, 5) is 0.792. The summed E-state index contributed by atoms with van der Waals surface area (Å²) in [5, 5.41) is 3.71. The number of nitrogens with zero attached hydrogens (tertiary/aromatic N) is 1. The molecule has 0 aliphatic heterocycles. The number of hydrogen-bond acceptors (Lipinski definition) is 6. The Balaban J connectivity index is 1.93. The van der Waals surface area contributed by atoms with Crippen LogP contribution < -0.4 is 9.46 Å². The van der Waals surface area contributed by atoms with E-state index < -0.39 is 10.0 Å². The fourth-order valence-electron chi connectivity index (χ4n) is 2.05. The summed E-state index contributed by atoms with van der Waals surface area (Å²) < 4.78 is 38.4. The van der Waals surface area contributed by atoms with Crippen LogP contribution in [0.4, 0.5) is 5.88 Å². The van der Waals surface area contributed by atoms with E-state index in [4.69, 9.17) is 9.26 Å². The number of thiophene rings is 1. The zero-order valence-corrected chi connectivity index (χ0v) is 16.0. The quantitative estimate of drug-likeness (QED) is 0.655. The van der Waals surface area contributed by atoms with Crippen LogP contribution >= 0.6 is 27.3 Å². The zero-order valence-electron chi connectivity index (χ0n) is 12.7. The summed E-state index contributed by atoms with van der Waals surface area (Å²) in [5.41, 5.74) is 1.40. The average molecular weight is 429 g/mol. The summed E-state index contributed by atoms with van der Waals surface area (Å²) in [6.45, 7) is 1.70. The molecule has 9 heteroatoms. The van der Waals surface area contributed by atoms with Crippen LogP contribution in [0, 0.1) is 6.92 Å². The smallest absolute Gasteiger partial charge is 0.273 e. The van der Waals surface area contributed by atoms with Gasteiger partial charge in [0.15, 0.2) is 0 Å². The van der Waals surface area contributed by atoms with Crippen molar-refractivity contribution in [1.82, 2.24) is 5.16 Å². The lowest BCUT2D eigenvalue weighted by molar-refractivity contribution is 0.416. The second-order valence-corrected chi connectivity index (χ2v) is 8.62. The molecule has 0 saturated carbocycles. The molecule has 24 heavy (non-hydrogen) atoms. The van der Waals surface area contributed by atoms with Gasteiger partial charge in [-0.2, -0.15) is 0 Å². The standard InChI is InChI=1S/C15H13BrN2O4S2/c1-9-14(16)15(22-17-9)18-24(19,20)13-8-7-12(23-13)10-5-3-4-6-11(10)21-2/h3-8,18H,1-2H3. The second-order valence-electron chi connectivity index (χ2n) is 4.84. The van der Waals surface area contributed by atoms with E-state index in [1.807, 2.05) is 24.3 Å². The second kappa shape index (κ2) is 6.58. The molecule has 2 heterocycles. The van der Waals surface area contributed by atoms with Crippen molar-refractivity contribution in [3.05, 3.63) is 46.6 Å². The molecule has 0 amide bonds. The molecular formula is C15H13BrN2O4S2. The Bertz CT molecular complexity index is 979. The predicted molar refractivity (Wildman–Crippen MR) is 96.1 cm³/mol. The average Bonchev–Trinajstić information content (AvgIpc) is 3.18. The Morgan fingerprint density at radius 2 is 2.00 bits per heavy atom. The van der Waals surface area contributed by atoms with Crippen LogP contribution in [0.15, 0.2) is 49.6 Å². The molecule has 0 atom stereocenters. The number of hydrogen-bond donors (Lipinski definition) is 1. The number of anilines is 1. The van der Waals surface area contributed by atoms with E-state index >= 15 is 0 Å². The highest BCUT2D eigenvalue weighted by Gasteiger charge is 2.22. The van der Waals surface area contributed by atoms with E-state index in [-0.39, 0.29) is 10.1 Å². The molecule has 3 rings (SSSR count). The van der Waals surface area contributed by atoms with Crippen LogP contribution in [0.2, 0.25) is 0 Å². The van der Waals surface area contributed by atoms with Crippen molar-refractivity contribution in [2.45, 2.75) is 11.1 Å². The summed E-state index contributed by atoms with van der Waals surface area (Å²) in [5.74, 6) is 0.740. The fourth-order valence-corrected chi connectivity index (χ4v) is 4.76. The normalized spacial score (nSPS) is 11.5. The highest BCUT2D eigenvalue weighted by molar-refractivity contribution is 9.10. The van der Waals surface area contributed by atoms with Crippen LogP contribution in [0.5, 0.6) is 5.75 Å². The third-order valence-corrected chi connectivity index (χ3v) is 7.11. The van der Waals surface area contributed by atoms with Crippen molar-refractivity contribution in [1.29, 1.82) is 0 Å². The Hall–Kier alpha value is -1.84. The minimum absolute atomic E-state index is 0.0553. The van der Waals surface area contributed by atoms with E-state index in [0.717, 1.165) is 21.8 Å². The van der Waals surface area contributed by atoms with E-state index in [1.54, 1.807) is 26.2 Å². The van der Waals surface area contributed by atoms with Crippen LogP contribution in [-0.4, -0.2) is 20.7 Å². The van der Waals surface area contributed by atoms with Gasteiger partial charge >= 0.3 is 0 Å². The highest BCUT2D eigenvalue weighted by atomic mass is 79.9. The van der Waals surface area contributed by atoms with E-state index in [2.05, 4.69) is 25.8 Å². The summed E-state index contributed by atoms with van der Waals surface area (Å²) in [6, 6.07) is 10.7. The van der Waals surface area contributed by atoms with E-state index in [0.29, 0.717) is 15.9 Å². The molecule has 0 fully saturated rings. The number of methoxy groups -OCH3 is 1. The Kier molecular flexibility index (Phi) is 4.66. The molecule has 3 aromatic rings. The van der Waals surface area contributed by atoms with Crippen LogP contribution in [0.25, 0.3) is 10.4 Å². The Morgan fingerprint density at radius 1 is 1.25 bits per heavy atom. The monoisotopic (exact) mass is 428 g/mol. The number of aromatic nitrogens is 1. The number of ether oxygens (including phenoxy) is 1. The number of benzene rings is 1. The summed E-state index contributed by atoms with van der Waals surface area (Å²) in [7, 11) is -2.19. The number of sulfonamides is 1. The van der Waals surface area contributed by atoms with Gasteiger partial charge in [-0.1, -0.05) is 17.3 Å². The molecule has 0 unspecified atom stereocenters. The minimum Gasteiger partial charge on any atom is -0.496 e. The third kappa shape index (κ3) is 3.19. The lowest BCUT2D eigenvalue weighted by Crippen LogP contribution is -2.11. The number of aryl methyl sites for hydroxylation is 1. The van der Waals surface area contributed by atoms with E-state index in [1.165, 1.54) is 0 Å². The van der Waals surface area contributed by atoms with Crippen molar-refractivity contribution >= 4 is 43.2 Å². The maximum Gasteiger partial charge on any atom is 0.273 e. The Labute approximate surface area is 151 Å². The first-order valence-electron chi connectivity index (χ1n) is 6.80. The first-order valence-corrected chi connectivity index (χ1v) is 9.89. The van der Waals surface area contributed by atoms with Crippen molar-refractivity contribution in [2.24, 2.45) is 0 Å². The first-order chi connectivity index (χ1) is 11.4. The highest BCUT2D eigenvalue weighted by Crippen LogP contribution is 2.37. The third-order valence-electron chi connectivity index (χ3n) is 3.24. The zero-order chi connectivity index (χ0) is 17.3. The van der Waals surface area contributed by atoms with Gasteiger partial charge in [0.05, 0.1) is 12.8 Å². The topological polar surface area (TPSA) is 81.4 Å².